The Bertz CT molecular complexity index is 695. The zero-order valence-corrected chi connectivity index (χ0v) is 11.5. The first-order chi connectivity index (χ1) is 10.1. The van der Waals surface area contributed by atoms with Crippen LogP contribution in [0.3, 0.4) is 0 Å². The summed E-state index contributed by atoms with van der Waals surface area (Å²) < 4.78 is 15.6. The van der Waals surface area contributed by atoms with Crippen LogP contribution < -0.4 is 0 Å². The predicted octanol–water partition coefficient (Wildman–Crippen LogP) is 2.81. The molecule has 2 atom stereocenters. The lowest BCUT2D eigenvalue weighted by Gasteiger charge is -2.30. The largest absolute Gasteiger partial charge is 0.510 e. The molecular formula is C14H11ClFN3O2. The second kappa shape index (κ2) is 5.29. The van der Waals surface area contributed by atoms with Crippen LogP contribution in [0.15, 0.2) is 42.7 Å². The van der Waals surface area contributed by atoms with E-state index in [2.05, 4.69) is 10.1 Å². The van der Waals surface area contributed by atoms with Crippen molar-refractivity contribution in [2.24, 2.45) is 0 Å². The smallest absolute Gasteiger partial charge is 0.159 e. The number of benzene rings is 1. The standard InChI is InChI=1S/C14H11ClFN3O2/c15-10-2-1-3-11(16)13(10)9-4-8(20)5-12(21)14(9)19-7-17-6-18-19/h1-3,5-7,9,14,21H,4H2/t9-,14-/m0/s1. The molecule has 1 N–H and O–H groups in total. The number of allylic oxidation sites excluding steroid dienone is 2. The minimum atomic E-state index is -0.709. The van der Waals surface area contributed by atoms with Crippen LogP contribution >= 0.6 is 11.6 Å². The number of aliphatic hydroxyl groups is 1. The molecule has 2 aromatic rings. The maximum atomic E-state index is 14.2. The minimum absolute atomic E-state index is 0.0369. The highest BCUT2D eigenvalue weighted by molar-refractivity contribution is 6.31. The van der Waals surface area contributed by atoms with Gasteiger partial charge in [-0.15, -0.1) is 0 Å². The Balaban J connectivity index is 2.15. The zero-order chi connectivity index (χ0) is 15.0. The molecule has 3 rings (SSSR count). The molecule has 0 saturated carbocycles. The average molecular weight is 308 g/mol. The number of carbonyl (C=O) groups excluding carboxylic acids is 1. The van der Waals surface area contributed by atoms with Gasteiger partial charge in [-0.25, -0.2) is 14.1 Å². The summed E-state index contributed by atoms with van der Waals surface area (Å²) in [6.07, 6.45) is 3.89. The van der Waals surface area contributed by atoms with Crippen molar-refractivity contribution in [3.05, 3.63) is 59.1 Å². The van der Waals surface area contributed by atoms with E-state index in [-0.39, 0.29) is 28.5 Å². The van der Waals surface area contributed by atoms with Crippen molar-refractivity contribution in [1.82, 2.24) is 14.8 Å². The van der Waals surface area contributed by atoms with Gasteiger partial charge in [0.15, 0.2) is 5.78 Å². The van der Waals surface area contributed by atoms with E-state index in [1.165, 1.54) is 29.5 Å². The van der Waals surface area contributed by atoms with Gasteiger partial charge in [0.1, 0.15) is 30.3 Å². The van der Waals surface area contributed by atoms with Crippen molar-refractivity contribution in [3.63, 3.8) is 0 Å². The normalized spacial score (nSPS) is 22.2. The molecule has 0 saturated heterocycles. The topological polar surface area (TPSA) is 68.0 Å². The highest BCUT2D eigenvalue weighted by Gasteiger charge is 2.37. The van der Waals surface area contributed by atoms with Crippen LogP contribution in [0.1, 0.15) is 23.9 Å². The van der Waals surface area contributed by atoms with E-state index in [9.17, 15) is 14.3 Å². The van der Waals surface area contributed by atoms with Gasteiger partial charge in [0.25, 0.3) is 0 Å². The third-order valence-corrected chi connectivity index (χ3v) is 3.84. The second-order valence-electron chi connectivity index (χ2n) is 4.80. The Hall–Kier alpha value is -2.21. The summed E-state index contributed by atoms with van der Waals surface area (Å²) in [4.78, 5) is 15.6. The van der Waals surface area contributed by atoms with E-state index < -0.39 is 17.8 Å². The van der Waals surface area contributed by atoms with Crippen LogP contribution in [0.25, 0.3) is 0 Å². The van der Waals surface area contributed by atoms with Gasteiger partial charge in [0.05, 0.1) is 0 Å². The Kier molecular flexibility index (Phi) is 3.47. The molecule has 0 bridgehead atoms. The number of carbonyl (C=O) groups is 1. The Morgan fingerprint density at radius 2 is 2.24 bits per heavy atom. The Labute approximate surface area is 124 Å². The first-order valence-corrected chi connectivity index (χ1v) is 6.67. The van der Waals surface area contributed by atoms with E-state index in [0.29, 0.717) is 0 Å². The molecular weight excluding hydrogens is 297 g/mol. The minimum Gasteiger partial charge on any atom is -0.510 e. The summed E-state index contributed by atoms with van der Waals surface area (Å²) in [7, 11) is 0. The maximum absolute atomic E-state index is 14.2. The molecule has 7 heteroatoms. The summed E-state index contributed by atoms with van der Waals surface area (Å²) in [6, 6.07) is 3.61. The maximum Gasteiger partial charge on any atom is 0.159 e. The molecule has 1 aliphatic rings. The summed E-state index contributed by atoms with van der Waals surface area (Å²) in [5.41, 5.74) is 0.202. The van der Waals surface area contributed by atoms with Gasteiger partial charge < -0.3 is 5.11 Å². The summed E-state index contributed by atoms with van der Waals surface area (Å²) >= 11 is 6.09. The lowest BCUT2D eigenvalue weighted by molar-refractivity contribution is -0.116. The van der Waals surface area contributed by atoms with E-state index in [1.807, 2.05) is 0 Å². The summed E-state index contributed by atoms with van der Waals surface area (Å²) in [5, 5.41) is 14.3. The van der Waals surface area contributed by atoms with E-state index >= 15 is 0 Å². The number of nitrogens with zero attached hydrogens (tertiary/aromatic N) is 3. The van der Waals surface area contributed by atoms with Gasteiger partial charge >= 0.3 is 0 Å². The van der Waals surface area contributed by atoms with Crippen LogP contribution in [0, 0.1) is 5.82 Å². The van der Waals surface area contributed by atoms with Gasteiger partial charge in [-0.05, 0) is 12.1 Å². The fraction of sp³-hybridized carbons (Fsp3) is 0.214. The molecule has 0 unspecified atom stereocenters. The molecule has 0 spiro atoms. The van der Waals surface area contributed by atoms with Crippen molar-refractivity contribution in [2.75, 3.05) is 0 Å². The van der Waals surface area contributed by atoms with Crippen LogP contribution in [-0.2, 0) is 4.79 Å². The fourth-order valence-electron chi connectivity index (χ4n) is 2.65. The molecule has 108 valence electrons. The molecule has 0 fully saturated rings. The molecule has 0 aliphatic heterocycles. The molecule has 1 heterocycles. The molecule has 1 aromatic heterocycles. The van der Waals surface area contributed by atoms with Gasteiger partial charge in [0.2, 0.25) is 0 Å². The number of aromatic nitrogens is 3. The first kappa shape index (κ1) is 13.8. The van der Waals surface area contributed by atoms with Crippen molar-refractivity contribution >= 4 is 17.4 Å². The number of ketones is 1. The van der Waals surface area contributed by atoms with Crippen LogP contribution in [0.5, 0.6) is 0 Å². The van der Waals surface area contributed by atoms with Gasteiger partial charge in [-0.1, -0.05) is 17.7 Å². The molecule has 5 nitrogen and oxygen atoms in total. The molecule has 0 amide bonds. The highest BCUT2D eigenvalue weighted by Crippen LogP contribution is 2.42. The molecule has 1 aromatic carbocycles. The average Bonchev–Trinajstić information content (AvgIpc) is 2.91. The second-order valence-corrected chi connectivity index (χ2v) is 5.21. The van der Waals surface area contributed by atoms with Crippen molar-refractivity contribution in [3.8, 4) is 0 Å². The fourth-order valence-corrected chi connectivity index (χ4v) is 2.95. The van der Waals surface area contributed by atoms with Crippen molar-refractivity contribution in [1.29, 1.82) is 0 Å². The zero-order valence-electron chi connectivity index (χ0n) is 10.8. The van der Waals surface area contributed by atoms with Crippen LogP contribution in [0.2, 0.25) is 5.02 Å². The number of aliphatic hydroxyl groups excluding tert-OH is 1. The first-order valence-electron chi connectivity index (χ1n) is 6.29. The molecule has 21 heavy (non-hydrogen) atoms. The summed E-state index contributed by atoms with van der Waals surface area (Å²) in [6.45, 7) is 0. The Morgan fingerprint density at radius 1 is 1.43 bits per heavy atom. The van der Waals surface area contributed by atoms with Crippen LogP contribution in [-0.4, -0.2) is 25.7 Å². The molecule has 0 radical (unpaired) electrons. The van der Waals surface area contributed by atoms with Crippen molar-refractivity contribution in [2.45, 2.75) is 18.4 Å². The van der Waals surface area contributed by atoms with Gasteiger partial charge in [-0.2, -0.15) is 5.10 Å². The van der Waals surface area contributed by atoms with Crippen molar-refractivity contribution < 1.29 is 14.3 Å². The summed E-state index contributed by atoms with van der Waals surface area (Å²) in [5.74, 6) is -1.62. The number of hydrogen-bond donors (Lipinski definition) is 1. The predicted molar refractivity (Wildman–Crippen MR) is 73.5 cm³/mol. The van der Waals surface area contributed by atoms with E-state index in [0.717, 1.165) is 6.08 Å². The lowest BCUT2D eigenvalue weighted by atomic mass is 9.82. The number of rotatable bonds is 2. The van der Waals surface area contributed by atoms with Gasteiger partial charge in [-0.3, -0.25) is 4.79 Å². The Morgan fingerprint density at radius 3 is 2.90 bits per heavy atom. The number of hydrogen-bond acceptors (Lipinski definition) is 4. The van der Waals surface area contributed by atoms with Gasteiger partial charge in [0, 0.05) is 29.0 Å². The van der Waals surface area contributed by atoms with E-state index in [1.54, 1.807) is 6.07 Å². The third-order valence-electron chi connectivity index (χ3n) is 3.51. The quantitative estimate of drug-likeness (QED) is 0.926. The lowest BCUT2D eigenvalue weighted by Crippen LogP contribution is -2.27. The highest BCUT2D eigenvalue weighted by atomic mass is 35.5. The number of halogens is 2. The van der Waals surface area contributed by atoms with E-state index in [4.69, 9.17) is 11.6 Å². The SMILES string of the molecule is O=C1C=C(O)[C@@H](n2cncn2)[C@H](c2c(F)cccc2Cl)C1. The van der Waals surface area contributed by atoms with Crippen LogP contribution in [0.4, 0.5) is 4.39 Å². The third kappa shape index (κ3) is 2.42. The monoisotopic (exact) mass is 307 g/mol. The molecule has 1 aliphatic carbocycles.